The maximum absolute atomic E-state index is 13.1. The largest absolute Gasteiger partial charge is 0.481 e. The summed E-state index contributed by atoms with van der Waals surface area (Å²) in [5.74, 6) is -7.82. The van der Waals surface area contributed by atoms with E-state index in [4.69, 9.17) is 52.5 Å². The van der Waals surface area contributed by atoms with Crippen molar-refractivity contribution in [2.75, 3.05) is 65.7 Å². The number of carbonyl (C=O) groups excluding carboxylic acids is 13. The number of hydrogen-bond donors (Lipinski definition) is 7. The second kappa shape index (κ2) is 43.2. The molecule has 0 radical (unpaired) electrons. The minimum atomic E-state index is -1.27. The van der Waals surface area contributed by atoms with Crippen molar-refractivity contribution in [1.29, 1.82) is 0 Å². The van der Waals surface area contributed by atoms with E-state index in [-0.39, 0.29) is 127 Å². The highest BCUT2D eigenvalue weighted by molar-refractivity contribution is 5.79. The average Bonchev–Trinajstić information content (AvgIpc) is 0.893. The van der Waals surface area contributed by atoms with Crippen molar-refractivity contribution in [3.63, 3.8) is 0 Å². The van der Waals surface area contributed by atoms with E-state index < -0.39 is 115 Å². The molecule has 0 aromatic carbocycles. The van der Waals surface area contributed by atoms with Gasteiger partial charge in [0.05, 0.1) is 0 Å². The van der Waals surface area contributed by atoms with Crippen LogP contribution in [0.4, 0.5) is 0 Å². The van der Waals surface area contributed by atoms with E-state index >= 15 is 0 Å². The summed E-state index contributed by atoms with van der Waals surface area (Å²) in [4.78, 5) is 172. The molecule has 2 aliphatic rings. The molecule has 504 valence electrons. The Morgan fingerprint density at radius 3 is 1.06 bits per heavy atom. The van der Waals surface area contributed by atoms with Crippen molar-refractivity contribution in [2.45, 2.75) is 213 Å². The SMILES string of the molecule is CC(=O)NC1C(OCCCCC(=O)NCCCCC(=O)NCCN(CCNC(=O)CCCCNC(=O)CCCCOC2OC(COC(C)=O)C(OC(C)=O)C(OC(C)=O)C2NC(C)=O)C(=O)CCCC(=O)O)OC(COC(C)=O)C(OC(C)=O)C1OC(C)=O. The molecule has 0 aromatic heterocycles. The monoisotopic (exact) mass is 1270 g/mol. The van der Waals surface area contributed by atoms with Gasteiger partial charge in [-0.1, -0.05) is 0 Å². The second-order valence-corrected chi connectivity index (χ2v) is 21.0. The van der Waals surface area contributed by atoms with Crippen LogP contribution in [0.5, 0.6) is 0 Å². The number of esters is 6. The zero-order chi connectivity index (χ0) is 66.4. The smallest absolute Gasteiger partial charge is 0.303 e. The van der Waals surface area contributed by atoms with Gasteiger partial charge in [0.15, 0.2) is 37.0 Å². The van der Waals surface area contributed by atoms with Gasteiger partial charge in [0.1, 0.15) is 37.5 Å². The molecule has 10 atom stereocenters. The highest BCUT2D eigenvalue weighted by Crippen LogP contribution is 2.30. The van der Waals surface area contributed by atoms with Gasteiger partial charge in [0.25, 0.3) is 0 Å². The van der Waals surface area contributed by atoms with Crippen molar-refractivity contribution < 1.29 is 120 Å². The summed E-state index contributed by atoms with van der Waals surface area (Å²) in [7, 11) is 0. The molecule has 32 nitrogen and oxygen atoms in total. The van der Waals surface area contributed by atoms with Gasteiger partial charge in [0, 0.05) is 146 Å². The summed E-state index contributed by atoms with van der Waals surface area (Å²) >= 11 is 0. The number of ether oxygens (including phenoxy) is 10. The molecule has 0 saturated carbocycles. The Hall–Kier alpha value is -7.58. The molecular weight excluding hydrogens is 1180 g/mol. The number of rotatable bonds is 42. The third kappa shape index (κ3) is 34.1. The van der Waals surface area contributed by atoms with Gasteiger partial charge in [-0.2, -0.15) is 0 Å². The van der Waals surface area contributed by atoms with Crippen molar-refractivity contribution >= 4 is 83.1 Å². The van der Waals surface area contributed by atoms with Crippen LogP contribution < -0.4 is 31.9 Å². The number of hydrogen-bond acceptors (Lipinski definition) is 24. The highest BCUT2D eigenvalue weighted by atomic mass is 16.7. The quantitative estimate of drug-likeness (QED) is 0.0231. The Balaban J connectivity index is 1.72. The van der Waals surface area contributed by atoms with E-state index in [2.05, 4.69) is 31.9 Å². The van der Waals surface area contributed by atoms with Crippen LogP contribution in [-0.2, 0) is 114 Å². The maximum Gasteiger partial charge on any atom is 0.303 e. The predicted octanol–water partition coefficient (Wildman–Crippen LogP) is -0.439. The summed E-state index contributed by atoms with van der Waals surface area (Å²) in [5.41, 5.74) is 0. The van der Waals surface area contributed by atoms with Crippen LogP contribution in [0, 0.1) is 0 Å². The summed E-state index contributed by atoms with van der Waals surface area (Å²) in [6.45, 7) is 9.54. The molecule has 0 bridgehead atoms. The van der Waals surface area contributed by atoms with Gasteiger partial charge in [-0.05, 0) is 57.8 Å². The van der Waals surface area contributed by atoms with Gasteiger partial charge >= 0.3 is 41.8 Å². The van der Waals surface area contributed by atoms with E-state index in [1.807, 2.05) is 0 Å². The Morgan fingerprint density at radius 1 is 0.393 bits per heavy atom. The van der Waals surface area contributed by atoms with Crippen LogP contribution in [0.15, 0.2) is 0 Å². The molecule has 32 heteroatoms. The summed E-state index contributed by atoms with van der Waals surface area (Å²) in [5, 5.41) is 25.4. The van der Waals surface area contributed by atoms with Crippen molar-refractivity contribution in [2.24, 2.45) is 0 Å². The predicted molar refractivity (Wildman–Crippen MR) is 305 cm³/mol. The molecule has 7 amide bonds. The number of carboxylic acids is 1. The molecule has 89 heavy (non-hydrogen) atoms. The standard InChI is InChI=1S/C57H91N7O25/c1-34(65)62-50-54(86-40(7)71)52(84-38(5)69)42(32-82-36(3)67)88-56(50)80-30-15-11-20-44(73)58-24-13-9-18-46(75)60-26-28-64(48(77)22-17-23-49(78)79)29-27-61-47(76)19-10-14-25-59-45(74)21-12-16-31-81-57-51(63-35(2)66)55(87-41(8)72)53(85-39(6)70)43(89-57)33-83-37(4)68/h42-43,50-57H,9-33H2,1-8H3,(H,58,73)(H,59,74)(H,60,75)(H,61,76)(H,62,65)(H,63,66)(H,78,79). The Bertz CT molecular complexity index is 2220. The molecule has 2 heterocycles. The molecule has 7 N–H and O–H groups in total. The Kier molecular flexibility index (Phi) is 37.6. The van der Waals surface area contributed by atoms with Gasteiger partial charge < -0.3 is 89.3 Å². The fraction of sp³-hybridized carbons (Fsp3) is 0.754. The molecule has 2 aliphatic heterocycles. The first-order chi connectivity index (χ1) is 42.2. The van der Waals surface area contributed by atoms with Crippen molar-refractivity contribution in [3.8, 4) is 0 Å². The molecule has 0 spiro atoms. The summed E-state index contributed by atoms with van der Waals surface area (Å²) in [6, 6.07) is -2.25. The number of amides is 7. The fourth-order valence-corrected chi connectivity index (χ4v) is 9.24. The topological polar surface area (TPSA) is 427 Å². The van der Waals surface area contributed by atoms with Crippen LogP contribution in [-0.4, -0.2) is 220 Å². The van der Waals surface area contributed by atoms with E-state index in [1.165, 1.54) is 32.6 Å². The van der Waals surface area contributed by atoms with Gasteiger partial charge in [-0.25, -0.2) is 0 Å². The Labute approximate surface area is 516 Å². The third-order valence-electron chi connectivity index (χ3n) is 13.2. The number of nitrogens with one attached hydrogen (secondary N) is 6. The normalized spacial score (nSPS) is 21.0. The molecule has 0 aliphatic carbocycles. The number of unbranched alkanes of at least 4 members (excludes halogenated alkanes) is 4. The first kappa shape index (κ1) is 77.5. The van der Waals surface area contributed by atoms with Gasteiger partial charge in [-0.15, -0.1) is 0 Å². The zero-order valence-corrected chi connectivity index (χ0v) is 52.1. The fourth-order valence-electron chi connectivity index (χ4n) is 9.24. The van der Waals surface area contributed by atoms with Crippen LogP contribution in [0.2, 0.25) is 0 Å². The zero-order valence-electron chi connectivity index (χ0n) is 52.1. The number of aliphatic carboxylic acids is 1. The lowest BCUT2D eigenvalue weighted by Gasteiger charge is -2.44. The summed E-state index contributed by atoms with van der Waals surface area (Å²) < 4.78 is 55.7. The first-order valence-corrected chi connectivity index (χ1v) is 29.8. The van der Waals surface area contributed by atoms with E-state index in [1.54, 1.807) is 0 Å². The minimum absolute atomic E-state index is 0.0328. The number of nitrogens with zero attached hydrogens (tertiary/aromatic N) is 1. The lowest BCUT2D eigenvalue weighted by molar-refractivity contribution is -0.277. The molecule has 0 aromatic rings. The van der Waals surface area contributed by atoms with Gasteiger partial charge in [-0.3, -0.25) is 67.1 Å². The van der Waals surface area contributed by atoms with Crippen LogP contribution in [0.1, 0.15) is 152 Å². The van der Waals surface area contributed by atoms with Crippen molar-refractivity contribution in [1.82, 2.24) is 36.8 Å². The number of carbonyl (C=O) groups is 14. The van der Waals surface area contributed by atoms with Crippen LogP contribution in [0.25, 0.3) is 0 Å². The molecular formula is C57H91N7O25. The molecule has 2 rings (SSSR count). The average molecular weight is 1270 g/mol. The third-order valence-corrected chi connectivity index (χ3v) is 13.2. The molecule has 10 unspecified atom stereocenters. The van der Waals surface area contributed by atoms with Crippen LogP contribution in [0.3, 0.4) is 0 Å². The lowest BCUT2D eigenvalue weighted by Crippen LogP contribution is -2.66. The lowest BCUT2D eigenvalue weighted by atomic mass is 9.96. The highest BCUT2D eigenvalue weighted by Gasteiger charge is 2.53. The first-order valence-electron chi connectivity index (χ1n) is 29.8. The van der Waals surface area contributed by atoms with Gasteiger partial charge in [0.2, 0.25) is 41.4 Å². The molecule has 2 fully saturated rings. The Morgan fingerprint density at radius 2 is 0.730 bits per heavy atom. The number of carboxylic acid groups (broad SMARTS) is 1. The van der Waals surface area contributed by atoms with E-state index in [0.29, 0.717) is 64.5 Å². The minimum Gasteiger partial charge on any atom is -0.481 e. The van der Waals surface area contributed by atoms with Crippen molar-refractivity contribution in [3.05, 3.63) is 0 Å². The second-order valence-electron chi connectivity index (χ2n) is 21.0. The maximum atomic E-state index is 13.1. The molecule has 2 saturated heterocycles. The summed E-state index contributed by atoms with van der Waals surface area (Å²) in [6.07, 6.45) is -6.11. The van der Waals surface area contributed by atoms with E-state index in [0.717, 1.165) is 27.7 Å². The van der Waals surface area contributed by atoms with E-state index in [9.17, 15) is 67.1 Å². The van der Waals surface area contributed by atoms with Crippen LogP contribution >= 0.6 is 0 Å².